The van der Waals surface area contributed by atoms with Crippen molar-refractivity contribution in [2.24, 2.45) is 10.4 Å². The van der Waals surface area contributed by atoms with Crippen LogP contribution < -0.4 is 0 Å². The number of benzene rings is 2. The first kappa shape index (κ1) is 19.7. The van der Waals surface area contributed by atoms with Gasteiger partial charge in [0.25, 0.3) is 0 Å². The average Bonchev–Trinajstić information content (AvgIpc) is 3.01. The molecule has 0 N–H and O–H groups in total. The molecule has 3 unspecified atom stereocenters. The molecule has 0 saturated carbocycles. The quantitative estimate of drug-likeness (QED) is 0.386. The number of fused-ring (bicyclic) bond motifs is 2. The van der Waals surface area contributed by atoms with Crippen LogP contribution in [0.1, 0.15) is 44.2 Å². The summed E-state index contributed by atoms with van der Waals surface area (Å²) in [4.78, 5) is 4.84. The third-order valence-electron chi connectivity index (χ3n) is 6.27. The van der Waals surface area contributed by atoms with Crippen LogP contribution in [0, 0.1) is 5.41 Å². The molecular weight excluding hydrogens is 387 g/mol. The highest BCUT2D eigenvalue weighted by Gasteiger charge is 2.56. The first-order valence-corrected chi connectivity index (χ1v) is 10.5. The molecule has 2 aliphatic rings. The fourth-order valence-electron chi connectivity index (χ4n) is 4.77. The van der Waals surface area contributed by atoms with Gasteiger partial charge in [-0.1, -0.05) is 74.9 Å². The zero-order chi connectivity index (χ0) is 20.1. The Labute approximate surface area is 178 Å². The van der Waals surface area contributed by atoms with Crippen molar-refractivity contribution in [2.45, 2.75) is 44.6 Å². The van der Waals surface area contributed by atoms with E-state index >= 15 is 0 Å². The van der Waals surface area contributed by atoms with Gasteiger partial charge in [-0.25, -0.2) is 4.42 Å². The van der Waals surface area contributed by atoms with E-state index in [-0.39, 0.29) is 22.8 Å². The van der Waals surface area contributed by atoms with Crippen molar-refractivity contribution >= 4 is 35.3 Å². The third kappa shape index (κ3) is 3.03. The number of para-hydroxylation sites is 1. The molecule has 0 aromatic heterocycles. The number of nitrogens with zero attached hydrogens (tertiary/aromatic N) is 2. The molecule has 2 aliphatic heterocycles. The summed E-state index contributed by atoms with van der Waals surface area (Å²) in [6, 6.07) is 16.6. The van der Waals surface area contributed by atoms with Crippen LogP contribution >= 0.6 is 23.4 Å². The van der Waals surface area contributed by atoms with Gasteiger partial charge in [-0.2, -0.15) is 0 Å². The van der Waals surface area contributed by atoms with Gasteiger partial charge in [0.1, 0.15) is 0 Å². The second kappa shape index (κ2) is 7.02. The van der Waals surface area contributed by atoms with Crippen molar-refractivity contribution in [1.29, 1.82) is 0 Å². The minimum absolute atomic E-state index is 0.0562. The Bertz CT molecular complexity index is 944. The molecule has 146 valence electrons. The van der Waals surface area contributed by atoms with Crippen LogP contribution in [0.25, 0.3) is 0 Å². The molecule has 2 nitrogen and oxygen atoms in total. The summed E-state index contributed by atoms with van der Waals surface area (Å²) in [6.07, 6.45) is 3.05. The maximum Gasteiger partial charge on any atom is 0.0668 e. The van der Waals surface area contributed by atoms with Crippen molar-refractivity contribution in [1.82, 2.24) is 4.42 Å². The molecule has 2 aromatic rings. The normalized spacial score (nSPS) is 27.2. The molecule has 1 fully saturated rings. The molecule has 4 rings (SSSR count). The molecule has 3 atom stereocenters. The summed E-state index contributed by atoms with van der Waals surface area (Å²) in [5.41, 5.74) is 4.15. The summed E-state index contributed by atoms with van der Waals surface area (Å²) in [6.45, 7) is 11.9. The minimum Gasteiger partial charge on any atom is -0.260 e. The Balaban J connectivity index is 1.96. The van der Waals surface area contributed by atoms with Gasteiger partial charge in [-0.05, 0) is 52.9 Å². The highest BCUT2D eigenvalue weighted by molar-refractivity contribution is 6.30. The topological polar surface area (TPSA) is 15.6 Å². The van der Waals surface area contributed by atoms with Crippen LogP contribution in [0.5, 0.6) is 0 Å². The zero-order valence-corrected chi connectivity index (χ0v) is 18.1. The van der Waals surface area contributed by atoms with E-state index < -0.39 is 0 Å². The lowest BCUT2D eigenvalue weighted by molar-refractivity contribution is 0.179. The van der Waals surface area contributed by atoms with E-state index in [0.717, 1.165) is 29.2 Å². The number of halogens is 2. The van der Waals surface area contributed by atoms with Gasteiger partial charge in [-0.3, -0.25) is 4.99 Å². The Kier molecular flexibility index (Phi) is 4.94. The van der Waals surface area contributed by atoms with E-state index in [9.17, 15) is 0 Å². The molecule has 2 aromatic carbocycles. The standard InChI is InChI=1S/C24H26Cl2N2/c1-16(23(2,3)4)22-24(15-27-21-11-6-5-10-20(21)24)19(12-13-28(22)26)17-8-7-9-18(25)14-17/h5-11,14-15,19,22H,1,12-13H2,2-4H3. The fourth-order valence-corrected chi connectivity index (χ4v) is 5.35. The molecule has 1 saturated heterocycles. The SMILES string of the molecule is C=C(C1N(Cl)CCC(c2cccc(Cl)c2)C12C=Nc1ccccc12)C(C)(C)C. The molecule has 0 bridgehead atoms. The predicted octanol–water partition coefficient (Wildman–Crippen LogP) is 6.91. The van der Waals surface area contributed by atoms with Crippen molar-refractivity contribution in [3.8, 4) is 0 Å². The lowest BCUT2D eigenvalue weighted by Crippen LogP contribution is -2.57. The van der Waals surface area contributed by atoms with E-state index in [1.54, 1.807) is 0 Å². The highest BCUT2D eigenvalue weighted by atomic mass is 35.5. The van der Waals surface area contributed by atoms with Crippen molar-refractivity contribution < 1.29 is 0 Å². The van der Waals surface area contributed by atoms with Crippen molar-refractivity contribution in [3.63, 3.8) is 0 Å². The minimum atomic E-state index is -0.369. The Hall–Kier alpha value is -1.61. The zero-order valence-electron chi connectivity index (χ0n) is 16.6. The smallest absolute Gasteiger partial charge is 0.0668 e. The van der Waals surface area contributed by atoms with Gasteiger partial charge < -0.3 is 0 Å². The number of rotatable bonds is 2. The molecule has 0 amide bonds. The van der Waals surface area contributed by atoms with E-state index in [4.69, 9.17) is 28.4 Å². The first-order chi connectivity index (χ1) is 13.2. The summed E-state index contributed by atoms with van der Waals surface area (Å²) in [5, 5.41) is 0.760. The predicted molar refractivity (Wildman–Crippen MR) is 120 cm³/mol. The summed E-state index contributed by atoms with van der Waals surface area (Å²) in [5.74, 6) is 0.220. The van der Waals surface area contributed by atoms with Crippen LogP contribution in [0.15, 0.2) is 65.7 Å². The van der Waals surface area contributed by atoms with E-state index in [1.165, 1.54) is 11.1 Å². The third-order valence-corrected chi connectivity index (χ3v) is 6.87. The first-order valence-electron chi connectivity index (χ1n) is 9.77. The molecular formula is C24H26Cl2N2. The van der Waals surface area contributed by atoms with Gasteiger partial charge in [-0.15, -0.1) is 0 Å². The molecule has 0 radical (unpaired) electrons. The fraction of sp³-hybridized carbons (Fsp3) is 0.375. The van der Waals surface area contributed by atoms with Crippen LogP contribution in [-0.4, -0.2) is 23.2 Å². The van der Waals surface area contributed by atoms with Crippen molar-refractivity contribution in [2.75, 3.05) is 6.54 Å². The molecule has 1 spiro atoms. The van der Waals surface area contributed by atoms with Gasteiger partial charge in [0.2, 0.25) is 0 Å². The van der Waals surface area contributed by atoms with Crippen LogP contribution in [0.2, 0.25) is 5.02 Å². The number of hydrogen-bond donors (Lipinski definition) is 0. The van der Waals surface area contributed by atoms with Crippen molar-refractivity contribution in [3.05, 3.63) is 76.8 Å². The number of piperidine rings is 1. The second-order valence-corrected chi connectivity index (χ2v) is 9.78. The maximum atomic E-state index is 6.89. The van der Waals surface area contributed by atoms with E-state index in [0.29, 0.717) is 0 Å². The van der Waals surface area contributed by atoms with Gasteiger partial charge in [0, 0.05) is 23.7 Å². The number of hydrogen-bond acceptors (Lipinski definition) is 2. The Morgan fingerprint density at radius 3 is 2.64 bits per heavy atom. The summed E-state index contributed by atoms with van der Waals surface area (Å²) < 4.78 is 1.95. The van der Waals surface area contributed by atoms with Gasteiger partial charge >= 0.3 is 0 Å². The highest BCUT2D eigenvalue weighted by Crippen LogP contribution is 2.56. The van der Waals surface area contributed by atoms with Gasteiger partial charge in [0.15, 0.2) is 0 Å². The monoisotopic (exact) mass is 412 g/mol. The lowest BCUT2D eigenvalue weighted by atomic mass is 9.58. The maximum absolute atomic E-state index is 6.89. The molecule has 2 heterocycles. The van der Waals surface area contributed by atoms with E-state index in [1.807, 2.05) is 22.6 Å². The van der Waals surface area contributed by atoms with Crippen LogP contribution in [-0.2, 0) is 5.41 Å². The lowest BCUT2D eigenvalue weighted by Gasteiger charge is -2.52. The van der Waals surface area contributed by atoms with Crippen LogP contribution in [0.3, 0.4) is 0 Å². The summed E-state index contributed by atoms with van der Waals surface area (Å²) >= 11 is 13.3. The molecule has 0 aliphatic carbocycles. The largest absolute Gasteiger partial charge is 0.260 e. The number of aliphatic imine (C=N–C) groups is 1. The second-order valence-electron chi connectivity index (χ2n) is 8.91. The molecule has 4 heteroatoms. The van der Waals surface area contributed by atoms with Crippen LogP contribution in [0.4, 0.5) is 5.69 Å². The van der Waals surface area contributed by atoms with E-state index in [2.05, 4.69) is 63.9 Å². The Morgan fingerprint density at radius 2 is 1.93 bits per heavy atom. The molecule has 28 heavy (non-hydrogen) atoms. The average molecular weight is 413 g/mol. The Morgan fingerprint density at radius 1 is 1.18 bits per heavy atom. The summed E-state index contributed by atoms with van der Waals surface area (Å²) in [7, 11) is 0. The van der Waals surface area contributed by atoms with Gasteiger partial charge in [0.05, 0.1) is 17.1 Å².